The maximum absolute atomic E-state index is 13.4. The van der Waals surface area contributed by atoms with Gasteiger partial charge in [-0.3, -0.25) is 9.59 Å². The average molecular weight is 496 g/mol. The first-order chi connectivity index (χ1) is 17.4. The Morgan fingerprint density at radius 3 is 2.58 bits per heavy atom. The van der Waals surface area contributed by atoms with Gasteiger partial charge < -0.3 is 33.7 Å². The van der Waals surface area contributed by atoms with Gasteiger partial charge in [0.25, 0.3) is 11.8 Å². The van der Waals surface area contributed by atoms with Crippen LogP contribution in [0, 0.1) is 0 Å². The van der Waals surface area contributed by atoms with E-state index in [0.717, 1.165) is 12.0 Å². The summed E-state index contributed by atoms with van der Waals surface area (Å²) in [6.07, 6.45) is 0.732. The molecule has 1 N–H and O–H groups in total. The summed E-state index contributed by atoms with van der Waals surface area (Å²) in [7, 11) is 3.06. The first kappa shape index (κ1) is 24.9. The monoisotopic (exact) mass is 495 g/mol. The Bertz CT molecular complexity index is 1240. The number of amides is 2. The topological polar surface area (TPSA) is 112 Å². The largest absolute Gasteiger partial charge is 0.493 e. The molecule has 1 aliphatic rings. The fourth-order valence-corrected chi connectivity index (χ4v) is 3.77. The number of fused-ring (bicyclic) bond motifs is 1. The van der Waals surface area contributed by atoms with Crippen LogP contribution in [0.15, 0.2) is 47.0 Å². The molecule has 2 aromatic carbocycles. The van der Waals surface area contributed by atoms with Gasteiger partial charge in [0.05, 0.1) is 20.8 Å². The highest BCUT2D eigenvalue weighted by molar-refractivity contribution is 5.95. The summed E-state index contributed by atoms with van der Waals surface area (Å²) in [4.78, 5) is 27.7. The van der Waals surface area contributed by atoms with Crippen molar-refractivity contribution < 1.29 is 33.1 Å². The van der Waals surface area contributed by atoms with E-state index in [1.54, 1.807) is 35.2 Å². The predicted octanol–water partition coefficient (Wildman–Crippen LogP) is 3.79. The lowest BCUT2D eigenvalue weighted by Crippen LogP contribution is -2.37. The molecule has 0 fully saturated rings. The van der Waals surface area contributed by atoms with Crippen LogP contribution in [0.2, 0.25) is 0 Å². The van der Waals surface area contributed by atoms with Crippen molar-refractivity contribution in [1.82, 2.24) is 15.4 Å². The maximum atomic E-state index is 13.4. The molecule has 0 bridgehead atoms. The van der Waals surface area contributed by atoms with Gasteiger partial charge in [0, 0.05) is 24.2 Å². The SMILES string of the molecule is CCC(C)N(Cc1cc(C(=O)NCc2ccc3c(c2)OCO3)no1)C(=O)c1ccc(OC)c(OC)c1. The van der Waals surface area contributed by atoms with Crippen LogP contribution < -0.4 is 24.3 Å². The maximum Gasteiger partial charge on any atom is 0.273 e. The Kier molecular flexibility index (Phi) is 7.62. The van der Waals surface area contributed by atoms with Crippen molar-refractivity contribution in [1.29, 1.82) is 0 Å². The summed E-state index contributed by atoms with van der Waals surface area (Å²) in [5.41, 5.74) is 1.45. The van der Waals surface area contributed by atoms with Crippen molar-refractivity contribution in [2.24, 2.45) is 0 Å². The first-order valence-corrected chi connectivity index (χ1v) is 11.6. The highest BCUT2D eigenvalue weighted by Crippen LogP contribution is 2.32. The molecule has 3 aromatic rings. The van der Waals surface area contributed by atoms with E-state index in [1.807, 2.05) is 26.0 Å². The molecule has 0 radical (unpaired) electrons. The van der Waals surface area contributed by atoms with Gasteiger partial charge in [-0.2, -0.15) is 0 Å². The van der Waals surface area contributed by atoms with Gasteiger partial charge in [0.2, 0.25) is 6.79 Å². The number of aromatic nitrogens is 1. The standard InChI is InChI=1S/C26H29N3O7/c1-5-16(2)29(26(31)18-7-9-21(32-3)23(11-18)33-4)14-19-12-20(28-36-19)25(30)27-13-17-6-8-22-24(10-17)35-15-34-22/h6-12,16H,5,13-15H2,1-4H3,(H,27,30). The zero-order chi connectivity index (χ0) is 25.7. The molecule has 36 heavy (non-hydrogen) atoms. The Morgan fingerprint density at radius 2 is 1.83 bits per heavy atom. The molecule has 1 atom stereocenters. The van der Waals surface area contributed by atoms with Crippen LogP contribution in [0.5, 0.6) is 23.0 Å². The Morgan fingerprint density at radius 1 is 1.06 bits per heavy atom. The number of carbonyl (C=O) groups is 2. The number of nitrogens with zero attached hydrogens (tertiary/aromatic N) is 2. The first-order valence-electron chi connectivity index (χ1n) is 11.6. The van der Waals surface area contributed by atoms with Crippen molar-refractivity contribution in [2.75, 3.05) is 21.0 Å². The van der Waals surface area contributed by atoms with Gasteiger partial charge in [-0.1, -0.05) is 18.1 Å². The summed E-state index contributed by atoms with van der Waals surface area (Å²) >= 11 is 0. The molecule has 0 spiro atoms. The van der Waals surface area contributed by atoms with Crippen LogP contribution >= 0.6 is 0 Å². The summed E-state index contributed by atoms with van der Waals surface area (Å²) in [6, 6.07) is 12.0. The van der Waals surface area contributed by atoms with Crippen molar-refractivity contribution in [3.63, 3.8) is 0 Å². The molecule has 0 saturated heterocycles. The van der Waals surface area contributed by atoms with Gasteiger partial charge in [-0.05, 0) is 49.2 Å². The Hall–Kier alpha value is -4.21. The summed E-state index contributed by atoms with van der Waals surface area (Å²) in [6.45, 7) is 4.58. The highest BCUT2D eigenvalue weighted by Gasteiger charge is 2.24. The predicted molar refractivity (Wildman–Crippen MR) is 129 cm³/mol. The third-order valence-electron chi connectivity index (χ3n) is 6.02. The average Bonchev–Trinajstić information content (AvgIpc) is 3.58. The van der Waals surface area contributed by atoms with Crippen molar-refractivity contribution in [3.05, 3.63) is 65.0 Å². The lowest BCUT2D eigenvalue weighted by atomic mass is 10.1. The molecule has 10 heteroatoms. The molecule has 1 aromatic heterocycles. The van der Waals surface area contributed by atoms with E-state index in [9.17, 15) is 9.59 Å². The Balaban J connectivity index is 1.43. The van der Waals surface area contributed by atoms with E-state index in [1.165, 1.54) is 14.2 Å². The third-order valence-corrected chi connectivity index (χ3v) is 6.02. The zero-order valence-electron chi connectivity index (χ0n) is 20.7. The molecule has 10 nitrogen and oxygen atoms in total. The van der Waals surface area contributed by atoms with Crippen LogP contribution in [0.1, 0.15) is 52.4 Å². The fourth-order valence-electron chi connectivity index (χ4n) is 3.77. The fraction of sp³-hybridized carbons (Fsp3) is 0.346. The quantitative estimate of drug-likeness (QED) is 0.452. The van der Waals surface area contributed by atoms with Gasteiger partial charge in [-0.25, -0.2) is 0 Å². The molecule has 1 unspecified atom stereocenters. The second-order valence-electron chi connectivity index (χ2n) is 8.31. The van der Waals surface area contributed by atoms with Gasteiger partial charge in [0.15, 0.2) is 34.5 Å². The summed E-state index contributed by atoms with van der Waals surface area (Å²) < 4.78 is 26.7. The van der Waals surface area contributed by atoms with Gasteiger partial charge in [-0.15, -0.1) is 0 Å². The smallest absolute Gasteiger partial charge is 0.273 e. The van der Waals surface area contributed by atoms with Crippen LogP contribution in [0.4, 0.5) is 0 Å². The normalized spacial score (nSPS) is 12.7. The lowest BCUT2D eigenvalue weighted by Gasteiger charge is -2.28. The summed E-state index contributed by atoms with van der Waals surface area (Å²) in [5, 5.41) is 6.72. The Labute approximate surface area is 209 Å². The second kappa shape index (κ2) is 11.0. The second-order valence-corrected chi connectivity index (χ2v) is 8.31. The minimum Gasteiger partial charge on any atom is -0.493 e. The highest BCUT2D eigenvalue weighted by atomic mass is 16.7. The number of carbonyl (C=O) groups excluding carboxylic acids is 2. The van der Waals surface area contributed by atoms with E-state index in [4.69, 9.17) is 23.5 Å². The third kappa shape index (κ3) is 5.37. The van der Waals surface area contributed by atoms with E-state index in [-0.39, 0.29) is 43.4 Å². The molecule has 2 heterocycles. The van der Waals surface area contributed by atoms with Crippen molar-refractivity contribution in [2.45, 2.75) is 39.4 Å². The lowest BCUT2D eigenvalue weighted by molar-refractivity contribution is 0.0650. The van der Waals surface area contributed by atoms with E-state index in [2.05, 4.69) is 10.5 Å². The van der Waals surface area contributed by atoms with Gasteiger partial charge in [0.1, 0.15) is 0 Å². The molecule has 190 valence electrons. The van der Waals surface area contributed by atoms with Gasteiger partial charge >= 0.3 is 0 Å². The number of rotatable bonds is 10. The van der Waals surface area contributed by atoms with Crippen molar-refractivity contribution in [3.8, 4) is 23.0 Å². The number of hydrogen-bond acceptors (Lipinski definition) is 8. The molecular weight excluding hydrogens is 466 g/mol. The summed E-state index contributed by atoms with van der Waals surface area (Å²) in [5.74, 6) is 2.15. The van der Waals surface area contributed by atoms with Crippen LogP contribution in [-0.2, 0) is 13.1 Å². The molecule has 2 amide bonds. The number of nitrogens with one attached hydrogen (secondary N) is 1. The van der Waals surface area contributed by atoms with E-state index >= 15 is 0 Å². The van der Waals surface area contributed by atoms with E-state index in [0.29, 0.717) is 34.3 Å². The van der Waals surface area contributed by atoms with Crippen LogP contribution in [-0.4, -0.2) is 48.9 Å². The number of hydrogen-bond donors (Lipinski definition) is 1. The number of ether oxygens (including phenoxy) is 4. The minimum atomic E-state index is -0.385. The number of methoxy groups -OCH3 is 2. The van der Waals surface area contributed by atoms with Crippen molar-refractivity contribution >= 4 is 11.8 Å². The number of benzene rings is 2. The van der Waals surface area contributed by atoms with Crippen LogP contribution in [0.25, 0.3) is 0 Å². The zero-order valence-corrected chi connectivity index (χ0v) is 20.7. The van der Waals surface area contributed by atoms with E-state index < -0.39 is 0 Å². The molecule has 0 aliphatic carbocycles. The minimum absolute atomic E-state index is 0.0843. The molecule has 0 saturated carbocycles. The molecular formula is C26H29N3O7. The molecule has 4 rings (SSSR count). The molecule has 1 aliphatic heterocycles. The van der Waals surface area contributed by atoms with Crippen LogP contribution in [0.3, 0.4) is 0 Å².